The van der Waals surface area contributed by atoms with Gasteiger partial charge in [0.15, 0.2) is 5.84 Å². The van der Waals surface area contributed by atoms with Crippen LogP contribution in [-0.4, -0.2) is 23.0 Å². The minimum atomic E-state index is -0.777. The van der Waals surface area contributed by atoms with E-state index >= 15 is 0 Å². The maximum Gasteiger partial charge on any atom is 0.234 e. The number of nitrogens with one attached hydrogen (secondary N) is 1. The summed E-state index contributed by atoms with van der Waals surface area (Å²) in [4.78, 5) is 12.7. The van der Waals surface area contributed by atoms with Crippen molar-refractivity contribution in [2.45, 2.75) is 70.8 Å². The molecular formula is C15H27N3O2. The molecule has 2 aliphatic carbocycles. The van der Waals surface area contributed by atoms with Gasteiger partial charge in [-0.05, 0) is 31.6 Å². The average molecular weight is 281 g/mol. The van der Waals surface area contributed by atoms with E-state index in [0.717, 1.165) is 19.3 Å². The molecule has 114 valence electrons. The molecule has 2 saturated carbocycles. The van der Waals surface area contributed by atoms with Gasteiger partial charge in [-0.25, -0.2) is 0 Å². The Morgan fingerprint density at radius 1 is 1.20 bits per heavy atom. The molecule has 2 rings (SSSR count). The lowest BCUT2D eigenvalue weighted by atomic mass is 9.83. The largest absolute Gasteiger partial charge is 0.409 e. The lowest BCUT2D eigenvalue weighted by molar-refractivity contribution is -0.128. The van der Waals surface area contributed by atoms with Crippen LogP contribution in [0.1, 0.15) is 64.7 Å². The highest BCUT2D eigenvalue weighted by atomic mass is 16.4. The number of hydrogen-bond donors (Lipinski definition) is 3. The molecule has 20 heavy (non-hydrogen) atoms. The molecule has 0 aromatic heterocycles. The number of nitrogens with zero attached hydrogens (tertiary/aromatic N) is 1. The van der Waals surface area contributed by atoms with Crippen LogP contribution < -0.4 is 11.1 Å². The van der Waals surface area contributed by atoms with E-state index in [2.05, 4.69) is 17.4 Å². The fraction of sp³-hybridized carbons (Fsp3) is 0.867. The first kappa shape index (κ1) is 15.1. The molecule has 0 aliphatic heterocycles. The van der Waals surface area contributed by atoms with Crippen molar-refractivity contribution in [1.82, 2.24) is 5.32 Å². The molecule has 2 atom stereocenters. The second-order valence-electron chi connectivity index (χ2n) is 6.47. The van der Waals surface area contributed by atoms with Crippen molar-refractivity contribution < 1.29 is 10.0 Å². The van der Waals surface area contributed by atoms with Gasteiger partial charge in [-0.1, -0.05) is 44.2 Å². The zero-order chi connectivity index (χ0) is 14.6. The Labute approximate surface area is 121 Å². The van der Waals surface area contributed by atoms with Crippen molar-refractivity contribution in [3.8, 4) is 0 Å². The molecule has 0 bridgehead atoms. The Kier molecular flexibility index (Phi) is 4.89. The van der Waals surface area contributed by atoms with Crippen LogP contribution >= 0.6 is 0 Å². The Bertz CT molecular complexity index is 375. The highest BCUT2D eigenvalue weighted by Gasteiger charge is 2.46. The molecule has 0 heterocycles. The summed E-state index contributed by atoms with van der Waals surface area (Å²) in [5, 5.41) is 15.3. The van der Waals surface area contributed by atoms with E-state index in [1.54, 1.807) is 0 Å². The molecule has 0 aromatic rings. The number of rotatable bonds is 3. The standard InChI is InChI=1S/C15H27N3O2/c1-11-7-3-2-4-8-12(11)17-14(19)15(13(16)18-20)9-5-6-10-15/h11-12,20H,2-10H2,1H3,(H2,16,18)(H,17,19). The topological polar surface area (TPSA) is 87.7 Å². The smallest absolute Gasteiger partial charge is 0.234 e. The maximum absolute atomic E-state index is 12.7. The highest BCUT2D eigenvalue weighted by Crippen LogP contribution is 2.39. The molecule has 2 aliphatic rings. The van der Waals surface area contributed by atoms with E-state index < -0.39 is 5.41 Å². The highest BCUT2D eigenvalue weighted by molar-refractivity contribution is 6.07. The number of carbonyl (C=O) groups excluding carboxylic acids is 1. The number of oxime groups is 1. The van der Waals surface area contributed by atoms with Gasteiger partial charge in [0.05, 0.1) is 0 Å². The van der Waals surface area contributed by atoms with E-state index in [-0.39, 0.29) is 17.8 Å². The molecule has 2 unspecified atom stereocenters. The van der Waals surface area contributed by atoms with Gasteiger partial charge in [0.2, 0.25) is 5.91 Å². The van der Waals surface area contributed by atoms with Crippen LogP contribution in [0.2, 0.25) is 0 Å². The summed E-state index contributed by atoms with van der Waals surface area (Å²) >= 11 is 0. The molecular weight excluding hydrogens is 254 g/mol. The van der Waals surface area contributed by atoms with Gasteiger partial charge < -0.3 is 16.3 Å². The van der Waals surface area contributed by atoms with Crippen molar-refractivity contribution in [1.29, 1.82) is 0 Å². The number of nitrogens with two attached hydrogens (primary N) is 1. The van der Waals surface area contributed by atoms with Gasteiger partial charge in [0, 0.05) is 6.04 Å². The van der Waals surface area contributed by atoms with Gasteiger partial charge in [-0.3, -0.25) is 4.79 Å². The quantitative estimate of drug-likeness (QED) is 0.244. The number of amidine groups is 1. The Morgan fingerprint density at radius 2 is 1.85 bits per heavy atom. The number of amides is 1. The molecule has 0 radical (unpaired) electrons. The van der Waals surface area contributed by atoms with Crippen LogP contribution in [0.3, 0.4) is 0 Å². The summed E-state index contributed by atoms with van der Waals surface area (Å²) in [6.07, 6.45) is 9.19. The summed E-state index contributed by atoms with van der Waals surface area (Å²) < 4.78 is 0. The summed E-state index contributed by atoms with van der Waals surface area (Å²) in [5.74, 6) is 0.546. The molecule has 0 aromatic carbocycles. The van der Waals surface area contributed by atoms with Crippen LogP contribution in [0.4, 0.5) is 0 Å². The molecule has 0 saturated heterocycles. The van der Waals surface area contributed by atoms with Crippen molar-refractivity contribution in [2.75, 3.05) is 0 Å². The van der Waals surface area contributed by atoms with Gasteiger partial charge in [-0.15, -0.1) is 0 Å². The van der Waals surface area contributed by atoms with E-state index in [9.17, 15) is 4.79 Å². The predicted molar refractivity (Wildman–Crippen MR) is 78.5 cm³/mol. The third kappa shape index (κ3) is 2.91. The summed E-state index contributed by atoms with van der Waals surface area (Å²) in [7, 11) is 0. The third-order valence-electron chi connectivity index (χ3n) is 5.17. The maximum atomic E-state index is 12.7. The van der Waals surface area contributed by atoms with Crippen molar-refractivity contribution in [3.63, 3.8) is 0 Å². The monoisotopic (exact) mass is 281 g/mol. The minimum absolute atomic E-state index is 0.0379. The zero-order valence-electron chi connectivity index (χ0n) is 12.4. The fourth-order valence-corrected chi connectivity index (χ4v) is 3.69. The molecule has 1 amide bonds. The minimum Gasteiger partial charge on any atom is -0.409 e. The van der Waals surface area contributed by atoms with Crippen molar-refractivity contribution >= 4 is 11.7 Å². The Morgan fingerprint density at radius 3 is 2.50 bits per heavy atom. The number of hydrogen-bond acceptors (Lipinski definition) is 3. The van der Waals surface area contributed by atoms with E-state index in [1.165, 1.54) is 25.7 Å². The van der Waals surface area contributed by atoms with E-state index in [0.29, 0.717) is 18.8 Å². The van der Waals surface area contributed by atoms with E-state index in [1.807, 2.05) is 0 Å². The van der Waals surface area contributed by atoms with Crippen molar-refractivity contribution in [2.24, 2.45) is 22.2 Å². The number of carbonyl (C=O) groups is 1. The summed E-state index contributed by atoms with van der Waals surface area (Å²) in [5.41, 5.74) is 5.05. The van der Waals surface area contributed by atoms with Crippen LogP contribution in [0.5, 0.6) is 0 Å². The second kappa shape index (κ2) is 6.46. The Balaban J connectivity index is 2.08. The van der Waals surface area contributed by atoms with Crippen LogP contribution in [0, 0.1) is 11.3 Å². The van der Waals surface area contributed by atoms with Crippen LogP contribution in [0.15, 0.2) is 5.16 Å². The molecule has 0 spiro atoms. The molecule has 5 nitrogen and oxygen atoms in total. The van der Waals surface area contributed by atoms with E-state index in [4.69, 9.17) is 10.9 Å². The fourth-order valence-electron chi connectivity index (χ4n) is 3.69. The first-order valence-electron chi connectivity index (χ1n) is 7.89. The lowest BCUT2D eigenvalue weighted by Crippen LogP contribution is -2.52. The normalized spacial score (nSPS) is 30.8. The van der Waals surface area contributed by atoms with Crippen LogP contribution in [0.25, 0.3) is 0 Å². The first-order valence-corrected chi connectivity index (χ1v) is 7.89. The first-order chi connectivity index (χ1) is 9.60. The zero-order valence-corrected chi connectivity index (χ0v) is 12.4. The van der Waals surface area contributed by atoms with Gasteiger partial charge >= 0.3 is 0 Å². The summed E-state index contributed by atoms with van der Waals surface area (Å²) in [6, 6.07) is 0.231. The van der Waals surface area contributed by atoms with Gasteiger partial charge in [-0.2, -0.15) is 0 Å². The summed E-state index contributed by atoms with van der Waals surface area (Å²) in [6.45, 7) is 2.21. The SMILES string of the molecule is CC1CCCCCC1NC(=O)C1(C(N)=NO)CCCC1. The Hall–Kier alpha value is -1.26. The molecule has 2 fully saturated rings. The van der Waals surface area contributed by atoms with Gasteiger partial charge in [0.25, 0.3) is 0 Å². The van der Waals surface area contributed by atoms with Crippen LogP contribution in [-0.2, 0) is 4.79 Å². The van der Waals surface area contributed by atoms with Crippen molar-refractivity contribution in [3.05, 3.63) is 0 Å². The molecule has 5 heteroatoms. The lowest BCUT2D eigenvalue weighted by Gasteiger charge is -2.31. The predicted octanol–water partition coefficient (Wildman–Crippen LogP) is 2.38. The average Bonchev–Trinajstić information content (AvgIpc) is 2.87. The molecule has 4 N–H and O–H groups in total. The van der Waals surface area contributed by atoms with Gasteiger partial charge in [0.1, 0.15) is 5.41 Å². The second-order valence-corrected chi connectivity index (χ2v) is 6.47. The third-order valence-corrected chi connectivity index (χ3v) is 5.17.